The summed E-state index contributed by atoms with van der Waals surface area (Å²) in [5, 5.41) is 0.236. The van der Waals surface area contributed by atoms with Crippen LogP contribution in [0.25, 0.3) is 0 Å². The maximum atomic E-state index is 11.8. The average Bonchev–Trinajstić information content (AvgIpc) is 2.18. The number of ether oxygens (including phenoxy) is 1. The number of halogens is 2. The molecule has 0 aliphatic carbocycles. The molecule has 82 valence electrons. The third-order valence-corrected chi connectivity index (χ3v) is 2.08. The van der Waals surface area contributed by atoms with Gasteiger partial charge in [0.25, 0.3) is 0 Å². The largest absolute Gasteiger partial charge is 0.462 e. The van der Waals surface area contributed by atoms with Crippen molar-refractivity contribution in [3.8, 4) is 0 Å². The topological polar surface area (TPSA) is 52.3 Å². The normalized spacial score (nSPS) is 10.0. The third-order valence-electron chi connectivity index (χ3n) is 1.76. The van der Waals surface area contributed by atoms with Gasteiger partial charge in [-0.15, -0.1) is 0 Å². The Hall–Kier alpha value is -1.29. The van der Waals surface area contributed by atoms with E-state index in [1.54, 1.807) is 18.2 Å². The third kappa shape index (κ3) is 3.09. The molecule has 0 amide bonds. The molecule has 0 unspecified atom stereocenters. The van der Waals surface area contributed by atoms with E-state index in [-0.39, 0.29) is 29.3 Å². The zero-order chi connectivity index (χ0) is 11.3. The summed E-state index contributed by atoms with van der Waals surface area (Å²) in [5.41, 5.74) is 5.96. The fourth-order valence-corrected chi connectivity index (χ4v) is 1.31. The van der Waals surface area contributed by atoms with E-state index in [2.05, 4.69) is 0 Å². The smallest absolute Gasteiger partial charge is 0.341 e. The molecule has 0 saturated heterocycles. The lowest BCUT2D eigenvalue weighted by Crippen LogP contribution is -2.10. The van der Waals surface area contributed by atoms with Gasteiger partial charge in [-0.05, 0) is 12.1 Å². The van der Waals surface area contributed by atoms with Crippen LogP contribution >= 0.6 is 11.6 Å². The van der Waals surface area contributed by atoms with E-state index >= 15 is 0 Å². The van der Waals surface area contributed by atoms with Crippen molar-refractivity contribution in [1.29, 1.82) is 0 Å². The van der Waals surface area contributed by atoms with Gasteiger partial charge in [0, 0.05) is 12.1 Å². The number of carbonyl (C=O) groups excluding carboxylic acids is 1. The maximum absolute atomic E-state index is 11.8. The molecule has 0 aliphatic rings. The van der Waals surface area contributed by atoms with Gasteiger partial charge in [0.15, 0.2) is 0 Å². The van der Waals surface area contributed by atoms with Crippen LogP contribution in [0.15, 0.2) is 18.2 Å². The molecule has 15 heavy (non-hydrogen) atoms. The molecule has 1 aromatic rings. The van der Waals surface area contributed by atoms with Crippen LogP contribution in [-0.2, 0) is 4.74 Å². The van der Waals surface area contributed by atoms with Gasteiger partial charge in [0.05, 0.1) is 18.3 Å². The summed E-state index contributed by atoms with van der Waals surface area (Å²) in [7, 11) is 0. The Labute approximate surface area is 92.0 Å². The molecule has 0 aromatic heterocycles. The first-order valence-corrected chi connectivity index (χ1v) is 4.81. The number of alkyl halides is 1. The number of hydrogen-bond acceptors (Lipinski definition) is 3. The molecule has 2 N–H and O–H groups in total. The number of carbonyl (C=O) groups is 1. The van der Waals surface area contributed by atoms with E-state index in [0.717, 1.165) is 0 Å². The highest BCUT2D eigenvalue weighted by Gasteiger charge is 2.14. The molecular formula is C10H11ClFNO2. The first-order valence-electron chi connectivity index (χ1n) is 4.44. The summed E-state index contributed by atoms with van der Waals surface area (Å²) in [5.74, 6) is -0.619. The lowest BCUT2D eigenvalue weighted by atomic mass is 10.2. The first kappa shape index (κ1) is 11.8. The summed E-state index contributed by atoms with van der Waals surface area (Å²) >= 11 is 5.78. The molecular weight excluding hydrogens is 221 g/mol. The number of esters is 1. The zero-order valence-electron chi connectivity index (χ0n) is 8.00. The lowest BCUT2D eigenvalue weighted by molar-refractivity contribution is 0.0495. The van der Waals surface area contributed by atoms with Crippen molar-refractivity contribution in [2.24, 2.45) is 0 Å². The molecule has 0 radical (unpaired) electrons. The number of benzene rings is 1. The zero-order valence-corrected chi connectivity index (χ0v) is 8.76. The van der Waals surface area contributed by atoms with Gasteiger partial charge in [0.1, 0.15) is 5.56 Å². The fraction of sp³-hybridized carbons (Fsp3) is 0.300. The summed E-state index contributed by atoms with van der Waals surface area (Å²) in [6.07, 6.45) is 0.177. The second kappa shape index (κ2) is 5.56. The summed E-state index contributed by atoms with van der Waals surface area (Å²) in [6.45, 7) is -0.495. The minimum absolute atomic E-state index is 0.0278. The van der Waals surface area contributed by atoms with Crippen LogP contribution in [0.2, 0.25) is 5.02 Å². The van der Waals surface area contributed by atoms with E-state index in [1.165, 1.54) is 0 Å². The highest BCUT2D eigenvalue weighted by Crippen LogP contribution is 2.22. The second-order valence-corrected chi connectivity index (χ2v) is 3.29. The van der Waals surface area contributed by atoms with Crippen LogP contribution in [0.4, 0.5) is 10.1 Å². The van der Waals surface area contributed by atoms with Gasteiger partial charge in [-0.3, -0.25) is 4.39 Å². The molecule has 0 heterocycles. The molecule has 5 heteroatoms. The van der Waals surface area contributed by atoms with Gasteiger partial charge in [-0.2, -0.15) is 0 Å². The molecule has 0 aliphatic heterocycles. The molecule has 3 nitrogen and oxygen atoms in total. The molecule has 0 fully saturated rings. The standard InChI is InChI=1S/C10H11ClFNO2/c11-7-3-1-4-8(13)9(7)10(14)15-6-2-5-12/h1,3-4H,2,5-6,13H2. The molecule has 0 saturated carbocycles. The highest BCUT2D eigenvalue weighted by molar-refractivity contribution is 6.34. The van der Waals surface area contributed by atoms with Crippen LogP contribution in [0.3, 0.4) is 0 Å². The number of nitrogens with two attached hydrogens (primary N) is 1. The monoisotopic (exact) mass is 231 g/mol. The van der Waals surface area contributed by atoms with E-state index in [4.69, 9.17) is 22.1 Å². The highest BCUT2D eigenvalue weighted by atomic mass is 35.5. The Bertz CT molecular complexity index is 337. The Balaban J connectivity index is 2.73. The molecule has 0 bridgehead atoms. The minimum Gasteiger partial charge on any atom is -0.462 e. The van der Waals surface area contributed by atoms with Crippen molar-refractivity contribution in [3.05, 3.63) is 28.8 Å². The Morgan fingerprint density at radius 1 is 1.53 bits per heavy atom. The number of hydrogen-bond donors (Lipinski definition) is 1. The SMILES string of the molecule is Nc1cccc(Cl)c1C(=O)OCCCF. The molecule has 1 rings (SSSR count). The van der Waals surface area contributed by atoms with Gasteiger partial charge in [-0.25, -0.2) is 4.79 Å². The lowest BCUT2D eigenvalue weighted by Gasteiger charge is -2.07. The summed E-state index contributed by atoms with van der Waals surface area (Å²) < 4.78 is 16.5. The van der Waals surface area contributed by atoms with Crippen LogP contribution in [-0.4, -0.2) is 19.3 Å². The quantitative estimate of drug-likeness (QED) is 0.492. The number of rotatable bonds is 4. The average molecular weight is 232 g/mol. The summed E-state index contributed by atoms with van der Waals surface area (Å²) in [6, 6.07) is 4.73. The van der Waals surface area contributed by atoms with Gasteiger partial charge < -0.3 is 10.5 Å². The van der Waals surface area contributed by atoms with Crippen molar-refractivity contribution in [2.45, 2.75) is 6.42 Å². The molecule has 1 aromatic carbocycles. The van der Waals surface area contributed by atoms with Crippen LogP contribution in [0.5, 0.6) is 0 Å². The maximum Gasteiger partial charge on any atom is 0.341 e. The minimum atomic E-state index is -0.619. The molecule has 0 spiro atoms. The summed E-state index contributed by atoms with van der Waals surface area (Å²) in [4.78, 5) is 11.5. The Morgan fingerprint density at radius 3 is 2.87 bits per heavy atom. The van der Waals surface area contributed by atoms with E-state index < -0.39 is 12.6 Å². The van der Waals surface area contributed by atoms with Gasteiger partial charge >= 0.3 is 5.97 Å². The fourth-order valence-electron chi connectivity index (χ4n) is 1.05. The molecule has 0 atom stereocenters. The van der Waals surface area contributed by atoms with Crippen LogP contribution < -0.4 is 5.73 Å². The van der Waals surface area contributed by atoms with Gasteiger partial charge in [0.2, 0.25) is 0 Å². The number of nitrogen functional groups attached to an aromatic ring is 1. The van der Waals surface area contributed by atoms with E-state index in [1.807, 2.05) is 0 Å². The predicted octanol–water partition coefficient (Wildman–Crippen LogP) is 2.44. The number of anilines is 1. The van der Waals surface area contributed by atoms with Crippen molar-refractivity contribution in [3.63, 3.8) is 0 Å². The Morgan fingerprint density at radius 2 is 2.27 bits per heavy atom. The second-order valence-electron chi connectivity index (χ2n) is 2.88. The van der Waals surface area contributed by atoms with Crippen molar-refractivity contribution < 1.29 is 13.9 Å². The first-order chi connectivity index (χ1) is 7.16. The van der Waals surface area contributed by atoms with Crippen molar-refractivity contribution in [1.82, 2.24) is 0 Å². The van der Waals surface area contributed by atoms with Crippen LogP contribution in [0.1, 0.15) is 16.8 Å². The van der Waals surface area contributed by atoms with E-state index in [9.17, 15) is 9.18 Å². The van der Waals surface area contributed by atoms with Crippen molar-refractivity contribution in [2.75, 3.05) is 19.0 Å². The van der Waals surface area contributed by atoms with E-state index in [0.29, 0.717) is 0 Å². The van der Waals surface area contributed by atoms with Gasteiger partial charge in [-0.1, -0.05) is 17.7 Å². The van der Waals surface area contributed by atoms with Crippen molar-refractivity contribution >= 4 is 23.3 Å². The Kier molecular flexibility index (Phi) is 4.37. The van der Waals surface area contributed by atoms with Crippen LogP contribution in [0, 0.1) is 0 Å². The predicted molar refractivity (Wildman–Crippen MR) is 56.7 cm³/mol.